The molecule has 0 saturated carbocycles. The lowest BCUT2D eigenvalue weighted by molar-refractivity contribution is 0.102. The van der Waals surface area contributed by atoms with Crippen molar-refractivity contribution < 1.29 is 9.53 Å². The summed E-state index contributed by atoms with van der Waals surface area (Å²) in [5.41, 5.74) is 1.60. The van der Waals surface area contributed by atoms with Crippen molar-refractivity contribution in [1.82, 2.24) is 9.97 Å². The van der Waals surface area contributed by atoms with E-state index in [1.165, 1.54) is 13.3 Å². The number of nitrogens with zero attached hydrogens (tertiary/aromatic N) is 2. The van der Waals surface area contributed by atoms with Gasteiger partial charge in [0.15, 0.2) is 0 Å². The molecule has 6 nitrogen and oxygen atoms in total. The highest BCUT2D eigenvalue weighted by molar-refractivity contribution is 6.31. The quantitative estimate of drug-likeness (QED) is 0.831. The zero-order chi connectivity index (χ0) is 17.7. The van der Waals surface area contributed by atoms with Gasteiger partial charge in [0, 0.05) is 17.6 Å². The predicted molar refractivity (Wildman–Crippen MR) is 96.1 cm³/mol. The summed E-state index contributed by atoms with van der Waals surface area (Å²) in [6, 6.07) is 3.42. The lowest BCUT2D eigenvalue weighted by atomic mass is 10.2. The van der Waals surface area contributed by atoms with Crippen molar-refractivity contribution in [3.63, 3.8) is 0 Å². The Morgan fingerprint density at radius 3 is 2.62 bits per heavy atom. The number of nitrogens with one attached hydrogen (secondary N) is 2. The van der Waals surface area contributed by atoms with E-state index in [-0.39, 0.29) is 11.6 Å². The fraction of sp³-hybridized carbons (Fsp3) is 0.353. The second kappa shape index (κ2) is 7.97. The molecular formula is C17H21ClN4O2. The van der Waals surface area contributed by atoms with Crippen LogP contribution in [0, 0.1) is 12.8 Å². The number of aromatic nitrogens is 2. The van der Waals surface area contributed by atoms with Crippen molar-refractivity contribution in [2.24, 2.45) is 5.92 Å². The third-order valence-corrected chi connectivity index (χ3v) is 3.71. The molecule has 0 radical (unpaired) electrons. The SMILES string of the molecule is COc1cc(Cl)c(C)cc1NC(=O)c1cnc(NCC(C)C)cn1. The summed E-state index contributed by atoms with van der Waals surface area (Å²) >= 11 is 6.07. The van der Waals surface area contributed by atoms with E-state index in [4.69, 9.17) is 16.3 Å². The molecule has 0 spiro atoms. The van der Waals surface area contributed by atoms with Crippen molar-refractivity contribution in [2.45, 2.75) is 20.8 Å². The van der Waals surface area contributed by atoms with Crippen molar-refractivity contribution in [3.8, 4) is 5.75 Å². The number of halogens is 1. The van der Waals surface area contributed by atoms with Crippen LogP contribution in [0.5, 0.6) is 5.75 Å². The first kappa shape index (κ1) is 18.0. The number of rotatable bonds is 6. The van der Waals surface area contributed by atoms with E-state index < -0.39 is 0 Å². The molecule has 0 aliphatic heterocycles. The number of aryl methyl sites for hydroxylation is 1. The topological polar surface area (TPSA) is 76.1 Å². The van der Waals surface area contributed by atoms with Crippen LogP contribution in [0.1, 0.15) is 29.9 Å². The minimum Gasteiger partial charge on any atom is -0.495 e. The molecule has 2 N–H and O–H groups in total. The number of carbonyl (C=O) groups excluding carboxylic acids is 1. The van der Waals surface area contributed by atoms with E-state index in [9.17, 15) is 4.79 Å². The molecule has 0 aliphatic rings. The maximum Gasteiger partial charge on any atom is 0.275 e. The third kappa shape index (κ3) is 4.58. The molecular weight excluding hydrogens is 328 g/mol. The van der Waals surface area contributed by atoms with Gasteiger partial charge in [-0.1, -0.05) is 25.4 Å². The second-order valence-electron chi connectivity index (χ2n) is 5.82. The highest BCUT2D eigenvalue weighted by atomic mass is 35.5. The fourth-order valence-corrected chi connectivity index (χ4v) is 2.12. The van der Waals surface area contributed by atoms with E-state index in [0.29, 0.717) is 28.2 Å². The van der Waals surface area contributed by atoms with Crippen LogP contribution in [-0.2, 0) is 0 Å². The van der Waals surface area contributed by atoms with E-state index >= 15 is 0 Å². The van der Waals surface area contributed by atoms with Gasteiger partial charge in [0.25, 0.3) is 5.91 Å². The molecule has 1 heterocycles. The van der Waals surface area contributed by atoms with Gasteiger partial charge in [0.1, 0.15) is 17.3 Å². The number of methoxy groups -OCH3 is 1. The van der Waals surface area contributed by atoms with Crippen LogP contribution < -0.4 is 15.4 Å². The van der Waals surface area contributed by atoms with Crippen molar-refractivity contribution in [3.05, 3.63) is 40.8 Å². The molecule has 1 amide bonds. The highest BCUT2D eigenvalue weighted by Gasteiger charge is 2.13. The summed E-state index contributed by atoms with van der Waals surface area (Å²) in [4.78, 5) is 20.7. The van der Waals surface area contributed by atoms with Gasteiger partial charge in [0.05, 0.1) is 25.2 Å². The van der Waals surface area contributed by atoms with E-state index in [2.05, 4.69) is 34.4 Å². The Morgan fingerprint density at radius 2 is 2.04 bits per heavy atom. The maximum atomic E-state index is 12.3. The van der Waals surface area contributed by atoms with Gasteiger partial charge in [-0.2, -0.15) is 0 Å². The molecule has 2 aromatic rings. The summed E-state index contributed by atoms with van der Waals surface area (Å²) in [5, 5.41) is 6.50. The summed E-state index contributed by atoms with van der Waals surface area (Å²) in [5.74, 6) is 1.26. The maximum absolute atomic E-state index is 12.3. The predicted octanol–water partition coefficient (Wildman–Crippen LogP) is 3.77. The average Bonchev–Trinajstić information content (AvgIpc) is 2.56. The molecule has 0 fully saturated rings. The first-order valence-corrected chi connectivity index (χ1v) is 8.00. The molecule has 128 valence electrons. The average molecular weight is 349 g/mol. The highest BCUT2D eigenvalue weighted by Crippen LogP contribution is 2.31. The Balaban J connectivity index is 2.11. The van der Waals surface area contributed by atoms with Crippen LogP contribution in [-0.4, -0.2) is 29.5 Å². The monoisotopic (exact) mass is 348 g/mol. The normalized spacial score (nSPS) is 10.6. The first-order valence-electron chi connectivity index (χ1n) is 7.62. The van der Waals surface area contributed by atoms with Gasteiger partial charge in [0.2, 0.25) is 0 Å². The van der Waals surface area contributed by atoms with E-state index in [1.54, 1.807) is 18.3 Å². The Morgan fingerprint density at radius 1 is 1.29 bits per heavy atom. The number of carbonyl (C=O) groups is 1. The summed E-state index contributed by atoms with van der Waals surface area (Å²) in [7, 11) is 1.52. The minimum atomic E-state index is -0.363. The number of anilines is 2. The number of ether oxygens (including phenoxy) is 1. The van der Waals surface area contributed by atoms with Crippen LogP contribution in [0.4, 0.5) is 11.5 Å². The van der Waals surface area contributed by atoms with Crippen LogP contribution in [0.25, 0.3) is 0 Å². The van der Waals surface area contributed by atoms with Gasteiger partial charge < -0.3 is 15.4 Å². The molecule has 0 atom stereocenters. The minimum absolute atomic E-state index is 0.222. The van der Waals surface area contributed by atoms with Crippen LogP contribution in [0.3, 0.4) is 0 Å². The Bertz CT molecular complexity index is 717. The van der Waals surface area contributed by atoms with E-state index in [1.807, 2.05) is 6.92 Å². The molecule has 0 unspecified atom stereocenters. The molecule has 0 bridgehead atoms. The second-order valence-corrected chi connectivity index (χ2v) is 6.22. The summed E-state index contributed by atoms with van der Waals surface area (Å²) < 4.78 is 5.25. The Kier molecular flexibility index (Phi) is 5.98. The molecule has 1 aromatic heterocycles. The van der Waals surface area contributed by atoms with Gasteiger partial charge in [-0.15, -0.1) is 0 Å². The first-order chi connectivity index (χ1) is 11.4. The van der Waals surface area contributed by atoms with Crippen LogP contribution in [0.15, 0.2) is 24.5 Å². The number of hydrogen-bond donors (Lipinski definition) is 2. The lowest BCUT2D eigenvalue weighted by Crippen LogP contribution is -2.16. The third-order valence-electron chi connectivity index (χ3n) is 3.30. The fourth-order valence-electron chi connectivity index (χ4n) is 1.96. The number of amides is 1. The Labute approximate surface area is 146 Å². The van der Waals surface area contributed by atoms with Gasteiger partial charge in [-0.05, 0) is 24.5 Å². The number of hydrogen-bond acceptors (Lipinski definition) is 5. The zero-order valence-electron chi connectivity index (χ0n) is 14.2. The largest absolute Gasteiger partial charge is 0.495 e. The lowest BCUT2D eigenvalue weighted by Gasteiger charge is -2.12. The molecule has 0 saturated heterocycles. The molecule has 0 aliphatic carbocycles. The zero-order valence-corrected chi connectivity index (χ0v) is 14.9. The summed E-state index contributed by atoms with van der Waals surface area (Å²) in [6.45, 7) is 6.85. The molecule has 1 aromatic carbocycles. The van der Waals surface area contributed by atoms with Gasteiger partial charge >= 0.3 is 0 Å². The Hall–Kier alpha value is -2.34. The molecule has 2 rings (SSSR count). The van der Waals surface area contributed by atoms with Gasteiger partial charge in [-0.25, -0.2) is 9.97 Å². The van der Waals surface area contributed by atoms with Gasteiger partial charge in [-0.3, -0.25) is 4.79 Å². The van der Waals surface area contributed by atoms with Crippen molar-refractivity contribution in [2.75, 3.05) is 24.3 Å². The molecule has 24 heavy (non-hydrogen) atoms. The standard InChI is InChI=1S/C17H21ClN4O2/c1-10(2)7-20-16-9-19-14(8-21-16)17(23)22-13-5-11(3)12(18)6-15(13)24-4/h5-6,8-10H,7H2,1-4H3,(H,20,21)(H,22,23). The molecule has 7 heteroatoms. The van der Waals surface area contributed by atoms with Crippen LogP contribution in [0.2, 0.25) is 5.02 Å². The van der Waals surface area contributed by atoms with E-state index in [0.717, 1.165) is 12.1 Å². The van der Waals surface area contributed by atoms with Crippen molar-refractivity contribution in [1.29, 1.82) is 0 Å². The number of benzene rings is 1. The van der Waals surface area contributed by atoms with Crippen LogP contribution >= 0.6 is 11.6 Å². The van der Waals surface area contributed by atoms with Crippen molar-refractivity contribution >= 4 is 29.0 Å². The smallest absolute Gasteiger partial charge is 0.275 e. The summed E-state index contributed by atoms with van der Waals surface area (Å²) in [6.07, 6.45) is 2.98.